The van der Waals surface area contributed by atoms with Crippen LogP contribution in [0.15, 0.2) is 54.6 Å². The number of carbonyl (C=O) groups is 3. The highest BCUT2D eigenvalue weighted by atomic mass is 32.1. The van der Waals surface area contributed by atoms with Gasteiger partial charge in [0, 0.05) is 23.0 Å². The molecule has 0 fully saturated rings. The molecule has 3 rings (SSSR count). The van der Waals surface area contributed by atoms with Crippen molar-refractivity contribution in [2.75, 3.05) is 10.6 Å². The molecule has 1 aromatic heterocycles. The highest BCUT2D eigenvalue weighted by Crippen LogP contribution is 2.26. The van der Waals surface area contributed by atoms with Gasteiger partial charge in [-0.3, -0.25) is 9.59 Å². The van der Waals surface area contributed by atoms with E-state index in [9.17, 15) is 14.4 Å². The quantitative estimate of drug-likeness (QED) is 0.652. The number of hydrogen-bond acceptors (Lipinski definition) is 5. The molecule has 0 aliphatic carbocycles. The molecule has 1 atom stereocenters. The Kier molecular flexibility index (Phi) is 5.52. The zero-order valence-electron chi connectivity index (χ0n) is 14.8. The number of thiophene rings is 1. The molecule has 1 heterocycles. The third kappa shape index (κ3) is 4.71. The minimum atomic E-state index is -0.947. The number of fused-ring (bicyclic) bond motifs is 1. The van der Waals surface area contributed by atoms with Crippen LogP contribution in [0.3, 0.4) is 0 Å². The largest absolute Gasteiger partial charge is 0.448 e. The summed E-state index contributed by atoms with van der Waals surface area (Å²) >= 11 is 1.33. The second-order valence-electron chi connectivity index (χ2n) is 5.94. The van der Waals surface area contributed by atoms with Crippen LogP contribution in [-0.4, -0.2) is 23.9 Å². The molecule has 27 heavy (non-hydrogen) atoms. The minimum Gasteiger partial charge on any atom is -0.448 e. The second-order valence-corrected chi connectivity index (χ2v) is 7.03. The van der Waals surface area contributed by atoms with Crippen LogP contribution in [-0.2, 0) is 14.3 Å². The monoisotopic (exact) mass is 382 g/mol. The van der Waals surface area contributed by atoms with Crippen LogP contribution in [0.4, 0.5) is 11.4 Å². The number of carbonyl (C=O) groups excluding carboxylic acids is 3. The summed E-state index contributed by atoms with van der Waals surface area (Å²) < 4.78 is 6.27. The Balaban J connectivity index is 1.59. The third-order valence-corrected chi connectivity index (χ3v) is 4.85. The van der Waals surface area contributed by atoms with E-state index in [2.05, 4.69) is 10.6 Å². The van der Waals surface area contributed by atoms with Gasteiger partial charge in [-0.2, -0.15) is 0 Å². The maximum Gasteiger partial charge on any atom is 0.349 e. The number of ether oxygens (including phenoxy) is 1. The molecule has 0 spiro atoms. The summed E-state index contributed by atoms with van der Waals surface area (Å²) in [6, 6.07) is 16.1. The van der Waals surface area contributed by atoms with Crippen LogP contribution in [0.25, 0.3) is 10.1 Å². The van der Waals surface area contributed by atoms with Gasteiger partial charge in [-0.15, -0.1) is 11.3 Å². The summed E-state index contributed by atoms with van der Waals surface area (Å²) in [6.45, 7) is 2.94. The lowest BCUT2D eigenvalue weighted by Crippen LogP contribution is -2.29. The molecule has 7 heteroatoms. The van der Waals surface area contributed by atoms with Crippen molar-refractivity contribution >= 4 is 50.6 Å². The van der Waals surface area contributed by atoms with Crippen LogP contribution in [0.2, 0.25) is 0 Å². The lowest BCUT2D eigenvalue weighted by molar-refractivity contribution is -0.123. The van der Waals surface area contributed by atoms with Crippen LogP contribution in [0, 0.1) is 0 Å². The summed E-state index contributed by atoms with van der Waals surface area (Å²) in [6.07, 6.45) is -0.947. The third-order valence-electron chi connectivity index (χ3n) is 3.75. The average molecular weight is 382 g/mol. The molecule has 0 aliphatic heterocycles. The molecule has 0 bridgehead atoms. The number of amides is 2. The highest BCUT2D eigenvalue weighted by Gasteiger charge is 2.20. The van der Waals surface area contributed by atoms with Crippen LogP contribution in [0.5, 0.6) is 0 Å². The van der Waals surface area contributed by atoms with E-state index in [-0.39, 0.29) is 5.91 Å². The molecule has 2 amide bonds. The Labute approximate surface area is 160 Å². The van der Waals surface area contributed by atoms with Crippen molar-refractivity contribution in [3.8, 4) is 0 Å². The zero-order chi connectivity index (χ0) is 19.4. The first-order valence-corrected chi connectivity index (χ1v) is 9.12. The molecule has 0 saturated heterocycles. The van der Waals surface area contributed by atoms with Gasteiger partial charge in [-0.1, -0.05) is 18.2 Å². The van der Waals surface area contributed by atoms with Gasteiger partial charge < -0.3 is 15.4 Å². The van der Waals surface area contributed by atoms with Crippen molar-refractivity contribution in [3.63, 3.8) is 0 Å². The van der Waals surface area contributed by atoms with E-state index in [1.807, 2.05) is 24.3 Å². The van der Waals surface area contributed by atoms with Gasteiger partial charge >= 0.3 is 5.97 Å². The van der Waals surface area contributed by atoms with E-state index < -0.39 is 18.0 Å². The van der Waals surface area contributed by atoms with E-state index in [1.54, 1.807) is 30.3 Å². The van der Waals surface area contributed by atoms with Crippen molar-refractivity contribution in [2.24, 2.45) is 0 Å². The van der Waals surface area contributed by atoms with Gasteiger partial charge in [0.15, 0.2) is 6.10 Å². The molecule has 0 saturated carbocycles. The molecule has 0 radical (unpaired) electrons. The summed E-state index contributed by atoms with van der Waals surface area (Å²) in [5.41, 5.74) is 1.17. The van der Waals surface area contributed by atoms with Crippen molar-refractivity contribution < 1.29 is 19.1 Å². The maximum absolute atomic E-state index is 12.3. The first kappa shape index (κ1) is 18.6. The lowest BCUT2D eigenvalue weighted by Gasteiger charge is -2.13. The molecule has 2 aromatic carbocycles. The van der Waals surface area contributed by atoms with Gasteiger partial charge in [0.2, 0.25) is 5.91 Å². The molecule has 3 aromatic rings. The van der Waals surface area contributed by atoms with Gasteiger partial charge in [0.1, 0.15) is 4.88 Å². The summed E-state index contributed by atoms with van der Waals surface area (Å²) in [5, 5.41) is 6.29. The Hall–Kier alpha value is -3.19. The highest BCUT2D eigenvalue weighted by molar-refractivity contribution is 7.20. The van der Waals surface area contributed by atoms with Crippen LogP contribution in [0.1, 0.15) is 23.5 Å². The van der Waals surface area contributed by atoms with Crippen LogP contribution >= 0.6 is 11.3 Å². The predicted octanol–water partition coefficient (Wildman–Crippen LogP) is 4.04. The molecular weight excluding hydrogens is 364 g/mol. The lowest BCUT2D eigenvalue weighted by atomic mass is 10.2. The van der Waals surface area contributed by atoms with Crippen molar-refractivity contribution in [1.82, 2.24) is 0 Å². The predicted molar refractivity (Wildman–Crippen MR) is 106 cm³/mol. The van der Waals surface area contributed by atoms with Gasteiger partial charge in [-0.25, -0.2) is 4.79 Å². The first-order valence-electron chi connectivity index (χ1n) is 8.30. The van der Waals surface area contributed by atoms with Crippen LogP contribution < -0.4 is 10.6 Å². The Morgan fingerprint density at radius 3 is 2.22 bits per heavy atom. The number of benzene rings is 2. The topological polar surface area (TPSA) is 84.5 Å². The van der Waals surface area contributed by atoms with Gasteiger partial charge in [0.05, 0.1) is 0 Å². The fourth-order valence-electron chi connectivity index (χ4n) is 2.44. The van der Waals surface area contributed by atoms with Gasteiger partial charge in [-0.05, 0) is 48.7 Å². The van der Waals surface area contributed by atoms with E-state index in [1.165, 1.54) is 25.2 Å². The van der Waals surface area contributed by atoms with E-state index >= 15 is 0 Å². The summed E-state index contributed by atoms with van der Waals surface area (Å²) in [7, 11) is 0. The van der Waals surface area contributed by atoms with E-state index in [4.69, 9.17) is 4.74 Å². The number of anilines is 2. The normalized spacial score (nSPS) is 11.6. The molecule has 6 nitrogen and oxygen atoms in total. The SMILES string of the molecule is CC(=O)Nc1ccc(NC(=O)[C@H](C)OC(=O)c2cc3ccccc3s2)cc1. The average Bonchev–Trinajstić information content (AvgIpc) is 3.07. The maximum atomic E-state index is 12.3. The molecule has 0 aliphatic rings. The Morgan fingerprint density at radius 2 is 1.59 bits per heavy atom. The smallest absolute Gasteiger partial charge is 0.349 e. The number of rotatable bonds is 5. The minimum absolute atomic E-state index is 0.173. The van der Waals surface area contributed by atoms with Crippen molar-refractivity contribution in [1.29, 1.82) is 0 Å². The Morgan fingerprint density at radius 1 is 0.963 bits per heavy atom. The fraction of sp³-hybridized carbons (Fsp3) is 0.150. The fourth-order valence-corrected chi connectivity index (χ4v) is 3.38. The number of nitrogens with one attached hydrogen (secondary N) is 2. The zero-order valence-corrected chi connectivity index (χ0v) is 15.6. The summed E-state index contributed by atoms with van der Waals surface area (Å²) in [5.74, 6) is -1.13. The second kappa shape index (κ2) is 8.01. The Bertz CT molecular complexity index is 962. The van der Waals surface area contributed by atoms with E-state index in [0.29, 0.717) is 16.3 Å². The molecule has 0 unspecified atom stereocenters. The molecular formula is C20H18N2O4S. The standard InChI is InChI=1S/C20H18N2O4S/c1-12(19(24)22-16-9-7-15(8-10-16)21-13(2)23)26-20(25)18-11-14-5-3-4-6-17(14)27-18/h3-12H,1-2H3,(H,21,23)(H,22,24)/t12-/m0/s1. The van der Waals surface area contributed by atoms with E-state index in [0.717, 1.165) is 10.1 Å². The first-order chi connectivity index (χ1) is 12.9. The number of hydrogen-bond donors (Lipinski definition) is 2. The molecule has 2 N–H and O–H groups in total. The van der Waals surface area contributed by atoms with Crippen molar-refractivity contribution in [3.05, 3.63) is 59.5 Å². The van der Waals surface area contributed by atoms with Crippen molar-refractivity contribution in [2.45, 2.75) is 20.0 Å². The van der Waals surface area contributed by atoms with Gasteiger partial charge in [0.25, 0.3) is 5.91 Å². The summed E-state index contributed by atoms with van der Waals surface area (Å²) in [4.78, 5) is 36.0. The molecule has 138 valence electrons. The number of esters is 1.